The summed E-state index contributed by atoms with van der Waals surface area (Å²) in [6, 6.07) is 9.30. The number of β-amino-alcohol motifs (C(OH)–C–C–N with tert-alkyl or cyclic N) is 1. The molecule has 0 fully saturated rings. The fraction of sp³-hybridized carbons (Fsp3) is 0.227. The van der Waals surface area contributed by atoms with Crippen molar-refractivity contribution in [2.24, 2.45) is 0 Å². The Hall–Kier alpha value is -3.64. The highest BCUT2D eigenvalue weighted by Gasteiger charge is 2.36. The summed E-state index contributed by atoms with van der Waals surface area (Å²) in [5, 5.41) is 18.9. The molecule has 6 nitrogen and oxygen atoms in total. The fourth-order valence-electron chi connectivity index (χ4n) is 3.14. The number of hydrogen-bond acceptors (Lipinski definition) is 5. The lowest BCUT2D eigenvalue weighted by Gasteiger charge is -2.28. The van der Waals surface area contributed by atoms with Gasteiger partial charge in [0.05, 0.1) is 18.2 Å². The van der Waals surface area contributed by atoms with Crippen LogP contribution in [0.25, 0.3) is 17.4 Å². The molecular formula is C22H17F3N2O4. The van der Waals surface area contributed by atoms with E-state index in [4.69, 9.17) is 4.42 Å². The normalized spacial score (nSPS) is 17.3. The summed E-state index contributed by atoms with van der Waals surface area (Å²) in [6.07, 6.45) is -4.19. The number of imide groups is 1. The van der Waals surface area contributed by atoms with Gasteiger partial charge in [-0.1, -0.05) is 12.1 Å². The van der Waals surface area contributed by atoms with Gasteiger partial charge in [-0.25, -0.2) is 0 Å². The average molecular weight is 430 g/mol. The number of halogens is 3. The summed E-state index contributed by atoms with van der Waals surface area (Å²) in [6.45, 7) is 2.55. The molecule has 1 unspecified atom stereocenters. The summed E-state index contributed by atoms with van der Waals surface area (Å²) in [5.74, 6) is -1.20. The van der Waals surface area contributed by atoms with Crippen molar-refractivity contribution in [1.82, 2.24) is 4.90 Å². The van der Waals surface area contributed by atoms with Crippen molar-refractivity contribution in [3.05, 3.63) is 64.4 Å². The number of nitriles is 1. The van der Waals surface area contributed by atoms with E-state index in [1.807, 2.05) is 0 Å². The zero-order valence-corrected chi connectivity index (χ0v) is 16.5. The number of hydrogen-bond donors (Lipinski definition) is 1. The Kier molecular flexibility index (Phi) is 5.86. The Morgan fingerprint density at radius 1 is 1.23 bits per heavy atom. The van der Waals surface area contributed by atoms with Gasteiger partial charge in [-0.2, -0.15) is 18.4 Å². The van der Waals surface area contributed by atoms with Crippen LogP contribution >= 0.6 is 0 Å². The number of carbonyl (C=O) groups excluding carboxylic acids is 2. The first-order chi connectivity index (χ1) is 14.5. The zero-order valence-electron chi connectivity index (χ0n) is 16.5. The van der Waals surface area contributed by atoms with Crippen molar-refractivity contribution in [3.8, 4) is 17.4 Å². The lowest BCUT2D eigenvalue weighted by molar-refractivity contribution is -0.142. The SMILES string of the molecule is CC1=C(C#N)C(=O)N(CC(C)O)C(=O)/C1=C\c1ccc(-c2cccc(C(F)(F)F)c2)o1. The molecule has 31 heavy (non-hydrogen) atoms. The molecule has 0 spiro atoms. The molecule has 1 aromatic heterocycles. The zero-order chi connectivity index (χ0) is 22.9. The van der Waals surface area contributed by atoms with E-state index in [9.17, 15) is 33.1 Å². The summed E-state index contributed by atoms with van der Waals surface area (Å²) in [4.78, 5) is 26.0. The van der Waals surface area contributed by atoms with Crippen LogP contribution in [0.3, 0.4) is 0 Å². The van der Waals surface area contributed by atoms with Crippen molar-refractivity contribution in [2.45, 2.75) is 26.1 Å². The standard InChI is InChI=1S/C22H17F3N2O4/c1-12(28)11-27-20(29)17(13(2)18(10-26)21(27)30)9-16-6-7-19(31-16)14-4-3-5-15(8-14)22(23,24)25/h3-9,12,28H,11H2,1-2H3/b17-9-. The highest BCUT2D eigenvalue weighted by atomic mass is 19.4. The van der Waals surface area contributed by atoms with Crippen LogP contribution in [0.2, 0.25) is 0 Å². The Bertz CT molecular complexity index is 1150. The number of aliphatic hydroxyl groups excluding tert-OH is 1. The molecule has 0 saturated carbocycles. The number of nitrogens with zero attached hydrogens (tertiary/aromatic N) is 2. The topological polar surface area (TPSA) is 94.5 Å². The van der Waals surface area contributed by atoms with Crippen LogP contribution in [-0.4, -0.2) is 34.5 Å². The molecule has 0 aliphatic carbocycles. The molecule has 9 heteroatoms. The van der Waals surface area contributed by atoms with E-state index in [2.05, 4.69) is 0 Å². The minimum atomic E-state index is -4.50. The summed E-state index contributed by atoms with van der Waals surface area (Å²) in [5.41, 5.74) is -0.701. The van der Waals surface area contributed by atoms with E-state index in [0.717, 1.165) is 17.0 Å². The average Bonchev–Trinajstić information content (AvgIpc) is 3.17. The number of carbonyl (C=O) groups is 2. The van der Waals surface area contributed by atoms with Gasteiger partial charge in [0.2, 0.25) is 0 Å². The van der Waals surface area contributed by atoms with E-state index in [0.29, 0.717) is 0 Å². The molecule has 3 rings (SSSR count). The summed E-state index contributed by atoms with van der Waals surface area (Å²) in [7, 11) is 0. The third-order valence-corrected chi connectivity index (χ3v) is 4.66. The minimum Gasteiger partial charge on any atom is -0.457 e. The van der Waals surface area contributed by atoms with Crippen molar-refractivity contribution < 1.29 is 32.3 Å². The molecule has 2 amide bonds. The Morgan fingerprint density at radius 2 is 1.94 bits per heavy atom. The predicted octanol–water partition coefficient (Wildman–Crippen LogP) is 3.94. The molecule has 0 bridgehead atoms. The predicted molar refractivity (Wildman–Crippen MR) is 104 cm³/mol. The monoisotopic (exact) mass is 430 g/mol. The van der Waals surface area contributed by atoms with E-state index in [1.165, 1.54) is 44.2 Å². The molecule has 160 valence electrons. The van der Waals surface area contributed by atoms with E-state index < -0.39 is 29.7 Å². The van der Waals surface area contributed by atoms with E-state index in [-0.39, 0.29) is 40.3 Å². The van der Waals surface area contributed by atoms with Crippen LogP contribution in [-0.2, 0) is 15.8 Å². The van der Waals surface area contributed by atoms with Crippen LogP contribution in [0.1, 0.15) is 25.2 Å². The molecule has 1 atom stereocenters. The van der Waals surface area contributed by atoms with Crippen LogP contribution in [0.15, 0.2) is 57.5 Å². The van der Waals surface area contributed by atoms with Gasteiger partial charge in [-0.05, 0) is 49.8 Å². The highest BCUT2D eigenvalue weighted by molar-refractivity contribution is 6.19. The number of aliphatic hydroxyl groups is 1. The van der Waals surface area contributed by atoms with Gasteiger partial charge in [0.25, 0.3) is 11.8 Å². The minimum absolute atomic E-state index is 0.0155. The second kappa shape index (κ2) is 8.24. The number of furan rings is 1. The van der Waals surface area contributed by atoms with Gasteiger partial charge in [-0.3, -0.25) is 14.5 Å². The second-order valence-electron chi connectivity index (χ2n) is 7.02. The molecule has 1 aliphatic rings. The molecule has 2 heterocycles. The third-order valence-electron chi connectivity index (χ3n) is 4.66. The lowest BCUT2D eigenvalue weighted by Crippen LogP contribution is -2.45. The van der Waals surface area contributed by atoms with Crippen LogP contribution in [0, 0.1) is 11.3 Å². The van der Waals surface area contributed by atoms with Crippen molar-refractivity contribution in [3.63, 3.8) is 0 Å². The fourth-order valence-corrected chi connectivity index (χ4v) is 3.14. The van der Waals surface area contributed by atoms with Crippen molar-refractivity contribution in [2.75, 3.05) is 6.54 Å². The van der Waals surface area contributed by atoms with E-state index in [1.54, 1.807) is 6.07 Å². The van der Waals surface area contributed by atoms with Gasteiger partial charge < -0.3 is 9.52 Å². The maximum atomic E-state index is 13.0. The second-order valence-corrected chi connectivity index (χ2v) is 7.02. The first-order valence-electron chi connectivity index (χ1n) is 9.17. The van der Waals surface area contributed by atoms with Crippen LogP contribution in [0.4, 0.5) is 13.2 Å². The van der Waals surface area contributed by atoms with Gasteiger partial charge in [-0.15, -0.1) is 0 Å². The number of alkyl halides is 3. The first kappa shape index (κ1) is 22.1. The van der Waals surface area contributed by atoms with Crippen molar-refractivity contribution >= 4 is 17.9 Å². The summed E-state index contributed by atoms with van der Waals surface area (Å²) < 4.78 is 44.5. The van der Waals surface area contributed by atoms with Gasteiger partial charge in [0.15, 0.2) is 0 Å². The van der Waals surface area contributed by atoms with Gasteiger partial charge in [0, 0.05) is 11.1 Å². The quantitative estimate of drug-likeness (QED) is 0.586. The van der Waals surface area contributed by atoms with E-state index >= 15 is 0 Å². The maximum absolute atomic E-state index is 13.0. The Labute approximate surface area is 175 Å². The largest absolute Gasteiger partial charge is 0.457 e. The Balaban J connectivity index is 2.01. The van der Waals surface area contributed by atoms with Gasteiger partial charge in [0.1, 0.15) is 23.2 Å². The van der Waals surface area contributed by atoms with Crippen LogP contribution in [0.5, 0.6) is 0 Å². The van der Waals surface area contributed by atoms with Crippen molar-refractivity contribution in [1.29, 1.82) is 5.26 Å². The molecule has 1 N–H and O–H groups in total. The smallest absolute Gasteiger partial charge is 0.416 e. The number of amides is 2. The number of rotatable bonds is 4. The van der Waals surface area contributed by atoms with Gasteiger partial charge >= 0.3 is 6.18 Å². The molecule has 0 saturated heterocycles. The maximum Gasteiger partial charge on any atom is 0.416 e. The lowest BCUT2D eigenvalue weighted by atomic mass is 9.94. The van der Waals surface area contributed by atoms with Crippen LogP contribution < -0.4 is 0 Å². The Morgan fingerprint density at radius 3 is 2.55 bits per heavy atom. The number of benzene rings is 1. The molecule has 2 aromatic rings. The highest BCUT2D eigenvalue weighted by Crippen LogP contribution is 2.33. The third kappa shape index (κ3) is 4.44. The summed E-state index contributed by atoms with van der Waals surface area (Å²) >= 11 is 0. The first-order valence-corrected chi connectivity index (χ1v) is 9.17. The molecule has 1 aromatic carbocycles. The molecular weight excluding hydrogens is 413 g/mol. The molecule has 1 aliphatic heterocycles. The molecule has 0 radical (unpaired) electrons.